The number of β-amino-alcohol motifs (C(OH)–C–C–N with tert-alkyl or cyclic N) is 1. The topological polar surface area (TPSA) is 115 Å². The van der Waals surface area contributed by atoms with Gasteiger partial charge >= 0.3 is 0 Å². The van der Waals surface area contributed by atoms with Gasteiger partial charge in [-0.15, -0.1) is 0 Å². The summed E-state index contributed by atoms with van der Waals surface area (Å²) in [7, 11) is 0. The fourth-order valence-electron chi connectivity index (χ4n) is 4.90. The zero-order valence-electron chi connectivity index (χ0n) is 22.7. The third-order valence-electron chi connectivity index (χ3n) is 6.91. The zero-order chi connectivity index (χ0) is 28.0. The van der Waals surface area contributed by atoms with Gasteiger partial charge in [0.15, 0.2) is 0 Å². The number of fused-ring (bicyclic) bond motifs is 1. The first kappa shape index (κ1) is 28.2. The molecular weight excluding hydrogens is 490 g/mol. The lowest BCUT2D eigenvalue weighted by Gasteiger charge is -2.28. The molecule has 1 aromatic heterocycles. The van der Waals surface area contributed by atoms with Gasteiger partial charge in [0.25, 0.3) is 0 Å². The molecule has 0 aliphatic carbocycles. The molecule has 0 bridgehead atoms. The third kappa shape index (κ3) is 7.41. The predicted molar refractivity (Wildman–Crippen MR) is 153 cm³/mol. The quantitative estimate of drug-likeness (QED) is 0.196. The van der Waals surface area contributed by atoms with Crippen LogP contribution in [0.15, 0.2) is 78.9 Å². The second-order valence-corrected chi connectivity index (χ2v) is 10.7. The number of hydrogen-bond donors (Lipinski definition) is 5. The van der Waals surface area contributed by atoms with Crippen molar-refractivity contribution in [2.45, 2.75) is 57.9 Å². The van der Waals surface area contributed by atoms with Crippen molar-refractivity contribution in [2.24, 2.45) is 0 Å². The van der Waals surface area contributed by atoms with Gasteiger partial charge in [-0.1, -0.05) is 66.7 Å². The molecule has 2 unspecified atom stereocenters. The summed E-state index contributed by atoms with van der Waals surface area (Å²) in [5.74, 6) is -0.130. The first-order valence-electron chi connectivity index (χ1n) is 13.2. The Kier molecular flexibility index (Phi) is 8.97. The highest BCUT2D eigenvalue weighted by Crippen LogP contribution is 2.24. The number of aromatic hydroxyl groups is 1. The smallest absolute Gasteiger partial charge is 0.224 e. The molecule has 0 radical (unpaired) electrons. The van der Waals surface area contributed by atoms with Crippen molar-refractivity contribution in [3.63, 3.8) is 0 Å². The van der Waals surface area contributed by atoms with Crippen molar-refractivity contribution in [2.75, 3.05) is 6.54 Å². The van der Waals surface area contributed by atoms with Gasteiger partial charge in [0.1, 0.15) is 17.5 Å². The molecule has 3 aromatic carbocycles. The Hall–Kier alpha value is -3.78. The first-order chi connectivity index (χ1) is 18.6. The number of carbonyl (C=O) groups is 1. The molecule has 0 spiro atoms. The fourth-order valence-corrected chi connectivity index (χ4v) is 4.90. The molecule has 0 saturated heterocycles. The molecule has 39 heavy (non-hydrogen) atoms. The summed E-state index contributed by atoms with van der Waals surface area (Å²) in [4.78, 5) is 17.1. The number of aliphatic hydroxyl groups excluding tert-OH is 2. The van der Waals surface area contributed by atoms with Crippen molar-refractivity contribution < 1.29 is 20.1 Å². The number of aromatic nitrogens is 1. The summed E-state index contributed by atoms with van der Waals surface area (Å²) in [5, 5.41) is 38.4. The minimum atomic E-state index is -0.895. The summed E-state index contributed by atoms with van der Waals surface area (Å²) in [6.07, 6.45) is 0.0794. The van der Waals surface area contributed by atoms with Crippen molar-refractivity contribution in [1.29, 1.82) is 0 Å². The van der Waals surface area contributed by atoms with Crippen LogP contribution in [0.4, 0.5) is 0 Å². The predicted octanol–water partition coefficient (Wildman–Crippen LogP) is 4.50. The van der Waals surface area contributed by atoms with E-state index < -0.39 is 12.7 Å². The maximum Gasteiger partial charge on any atom is 0.224 e. The average molecular weight is 528 g/mol. The van der Waals surface area contributed by atoms with Crippen LogP contribution in [0.2, 0.25) is 0 Å². The number of rotatable bonds is 11. The SMILES string of the molecule is CC(NC(=O)Cc1cccc(CC(C)(C)NCC(O)c2ccc(O)c(CO)n2)c1)c1cccc2ccccc12. The van der Waals surface area contributed by atoms with E-state index in [-0.39, 0.29) is 41.9 Å². The van der Waals surface area contributed by atoms with Crippen molar-refractivity contribution >= 4 is 16.7 Å². The van der Waals surface area contributed by atoms with E-state index in [4.69, 9.17) is 0 Å². The van der Waals surface area contributed by atoms with Crippen molar-refractivity contribution in [1.82, 2.24) is 15.6 Å². The monoisotopic (exact) mass is 527 g/mol. The highest BCUT2D eigenvalue weighted by Gasteiger charge is 2.21. The van der Waals surface area contributed by atoms with E-state index in [1.165, 1.54) is 6.07 Å². The molecule has 204 valence electrons. The minimum absolute atomic E-state index is 0.0308. The zero-order valence-corrected chi connectivity index (χ0v) is 22.7. The van der Waals surface area contributed by atoms with Gasteiger partial charge in [-0.3, -0.25) is 4.79 Å². The van der Waals surface area contributed by atoms with Crippen LogP contribution in [0.3, 0.4) is 0 Å². The molecule has 0 saturated carbocycles. The van der Waals surface area contributed by atoms with Gasteiger partial charge in [0.2, 0.25) is 5.91 Å². The van der Waals surface area contributed by atoms with Gasteiger partial charge in [0.05, 0.1) is 24.8 Å². The minimum Gasteiger partial charge on any atom is -0.506 e. The van der Waals surface area contributed by atoms with E-state index >= 15 is 0 Å². The number of pyridine rings is 1. The van der Waals surface area contributed by atoms with Gasteiger partial charge in [-0.2, -0.15) is 0 Å². The lowest BCUT2D eigenvalue weighted by Crippen LogP contribution is -2.43. The second-order valence-electron chi connectivity index (χ2n) is 10.7. The number of aliphatic hydroxyl groups is 2. The van der Waals surface area contributed by atoms with Crippen molar-refractivity contribution in [3.8, 4) is 5.75 Å². The van der Waals surface area contributed by atoms with Crippen LogP contribution in [0, 0.1) is 0 Å². The largest absolute Gasteiger partial charge is 0.506 e. The number of hydrogen-bond acceptors (Lipinski definition) is 6. The number of benzene rings is 3. The maximum atomic E-state index is 12.9. The average Bonchev–Trinajstić information content (AvgIpc) is 2.91. The highest BCUT2D eigenvalue weighted by molar-refractivity contribution is 5.87. The lowest BCUT2D eigenvalue weighted by molar-refractivity contribution is -0.121. The molecule has 5 N–H and O–H groups in total. The fraction of sp³-hybridized carbons (Fsp3) is 0.312. The van der Waals surface area contributed by atoms with Crippen LogP contribution in [-0.2, 0) is 24.2 Å². The Labute approximate surface area is 229 Å². The molecule has 2 atom stereocenters. The lowest BCUT2D eigenvalue weighted by atomic mass is 9.93. The molecule has 4 rings (SSSR count). The number of carbonyl (C=O) groups excluding carboxylic acids is 1. The Balaban J connectivity index is 1.34. The number of nitrogens with zero attached hydrogens (tertiary/aromatic N) is 1. The Bertz CT molecular complexity index is 1430. The van der Waals surface area contributed by atoms with Gasteiger partial charge in [-0.25, -0.2) is 4.98 Å². The number of nitrogens with one attached hydrogen (secondary N) is 2. The molecule has 1 amide bonds. The third-order valence-corrected chi connectivity index (χ3v) is 6.91. The van der Waals surface area contributed by atoms with Crippen LogP contribution in [-0.4, -0.2) is 38.3 Å². The van der Waals surface area contributed by atoms with Crippen LogP contribution in [0.5, 0.6) is 5.75 Å². The van der Waals surface area contributed by atoms with E-state index in [2.05, 4.69) is 45.9 Å². The van der Waals surface area contributed by atoms with Gasteiger partial charge in [-0.05, 0) is 66.8 Å². The van der Waals surface area contributed by atoms with E-state index in [1.54, 1.807) is 6.07 Å². The molecular formula is C32H37N3O4. The normalized spacial score (nSPS) is 13.3. The Morgan fingerprint density at radius 1 is 0.974 bits per heavy atom. The summed E-state index contributed by atoms with van der Waals surface area (Å²) < 4.78 is 0. The standard InChI is InChI=1S/C32H37N3O4/c1-21(25-13-7-11-24-10-4-5-12-26(24)25)34-31(39)17-22-8-6-9-23(16-22)18-32(2,3)33-19-30(38)27-14-15-29(37)28(20-36)35-27/h4-16,21,30,33,36-38H,17-20H2,1-3H3,(H,34,39). The number of amides is 1. The van der Waals surface area contributed by atoms with Crippen LogP contribution in [0.25, 0.3) is 10.8 Å². The van der Waals surface area contributed by atoms with E-state index in [0.717, 1.165) is 27.5 Å². The van der Waals surface area contributed by atoms with E-state index in [1.807, 2.05) is 57.2 Å². The molecule has 0 aliphatic heterocycles. The first-order valence-corrected chi connectivity index (χ1v) is 13.2. The summed E-state index contributed by atoms with van der Waals surface area (Å²) in [6, 6.07) is 25.2. The van der Waals surface area contributed by atoms with Crippen LogP contribution in [0.1, 0.15) is 61.0 Å². The molecule has 0 fully saturated rings. The van der Waals surface area contributed by atoms with Crippen LogP contribution < -0.4 is 10.6 Å². The second kappa shape index (κ2) is 12.4. The molecule has 0 aliphatic rings. The van der Waals surface area contributed by atoms with Gasteiger partial charge in [0, 0.05) is 12.1 Å². The van der Waals surface area contributed by atoms with Crippen molar-refractivity contribution in [3.05, 3.63) is 107 Å². The summed E-state index contributed by atoms with van der Waals surface area (Å²) >= 11 is 0. The Morgan fingerprint density at radius 2 is 1.69 bits per heavy atom. The molecule has 1 heterocycles. The molecule has 4 aromatic rings. The van der Waals surface area contributed by atoms with E-state index in [9.17, 15) is 20.1 Å². The highest BCUT2D eigenvalue weighted by atomic mass is 16.3. The van der Waals surface area contributed by atoms with Gasteiger partial charge < -0.3 is 26.0 Å². The van der Waals surface area contributed by atoms with Crippen LogP contribution >= 0.6 is 0 Å². The molecule has 7 heteroatoms. The summed E-state index contributed by atoms with van der Waals surface area (Å²) in [6.45, 7) is 5.96. The molecule has 7 nitrogen and oxygen atoms in total. The Morgan fingerprint density at radius 3 is 2.49 bits per heavy atom. The maximum absolute atomic E-state index is 12.9. The van der Waals surface area contributed by atoms with E-state index in [0.29, 0.717) is 12.1 Å². The summed E-state index contributed by atoms with van der Waals surface area (Å²) in [5.41, 5.74) is 3.29.